The van der Waals surface area contributed by atoms with E-state index < -0.39 is 0 Å². The van der Waals surface area contributed by atoms with E-state index in [1.165, 1.54) is 6.42 Å². The van der Waals surface area contributed by atoms with Crippen LogP contribution in [0.5, 0.6) is 0 Å². The number of carbonyl (C=O) groups is 1. The van der Waals surface area contributed by atoms with Crippen LogP contribution in [0.3, 0.4) is 0 Å². The number of nitrogens with zero attached hydrogens (tertiary/aromatic N) is 4. The van der Waals surface area contributed by atoms with Crippen LogP contribution in [-0.4, -0.2) is 44.7 Å². The molecule has 4 heterocycles. The lowest BCUT2D eigenvalue weighted by Gasteiger charge is -2.25. The monoisotopic (exact) mass is 275 g/mol. The smallest absolute Gasteiger partial charge is 0.227 e. The second kappa shape index (κ2) is 4.55. The van der Waals surface area contributed by atoms with Gasteiger partial charge in [0, 0.05) is 32.1 Å². The molecule has 4 rings (SSSR count). The van der Waals surface area contributed by atoms with Gasteiger partial charge in [-0.15, -0.1) is 10.2 Å². The Balaban J connectivity index is 1.44. The number of aryl methyl sites for hydroxylation is 1. The van der Waals surface area contributed by atoms with Gasteiger partial charge in [-0.2, -0.15) is 0 Å². The molecule has 3 atom stereocenters. The van der Waals surface area contributed by atoms with Gasteiger partial charge in [0.15, 0.2) is 5.82 Å². The third-order valence-corrected chi connectivity index (χ3v) is 5.06. The Morgan fingerprint density at radius 3 is 3.10 bits per heavy atom. The summed E-state index contributed by atoms with van der Waals surface area (Å²) in [5.74, 6) is 2.44. The Hall–Kier alpha value is -1.43. The normalized spacial score (nSPS) is 30.8. The number of fused-ring (bicyclic) bond motifs is 3. The lowest BCUT2D eigenvalue weighted by molar-refractivity contribution is -0.135. The number of nitrogens with one attached hydrogen (secondary N) is 1. The van der Waals surface area contributed by atoms with Crippen molar-refractivity contribution in [3.05, 3.63) is 11.6 Å². The molecule has 0 aromatic carbocycles. The fourth-order valence-corrected chi connectivity index (χ4v) is 4.00. The predicted octanol–water partition coefficient (Wildman–Crippen LogP) is 0.323. The van der Waals surface area contributed by atoms with E-state index in [0.29, 0.717) is 18.6 Å². The third kappa shape index (κ3) is 1.85. The van der Waals surface area contributed by atoms with Gasteiger partial charge in [-0.25, -0.2) is 0 Å². The molecule has 0 aliphatic carbocycles. The van der Waals surface area contributed by atoms with Crippen LogP contribution in [0.2, 0.25) is 0 Å². The van der Waals surface area contributed by atoms with E-state index in [4.69, 9.17) is 0 Å². The molecule has 108 valence electrons. The van der Waals surface area contributed by atoms with Gasteiger partial charge in [0.1, 0.15) is 5.82 Å². The lowest BCUT2D eigenvalue weighted by Crippen LogP contribution is -2.38. The van der Waals surface area contributed by atoms with E-state index in [0.717, 1.165) is 43.9 Å². The molecule has 3 aliphatic rings. The predicted molar refractivity (Wildman–Crippen MR) is 72.9 cm³/mol. The third-order valence-electron chi connectivity index (χ3n) is 5.06. The first-order valence-electron chi connectivity index (χ1n) is 7.64. The van der Waals surface area contributed by atoms with E-state index in [1.807, 2.05) is 11.9 Å². The first-order chi connectivity index (χ1) is 9.72. The molecule has 1 aromatic heterocycles. The average Bonchev–Trinajstić information content (AvgIpc) is 3.19. The van der Waals surface area contributed by atoms with Crippen LogP contribution >= 0.6 is 0 Å². The highest BCUT2D eigenvalue weighted by atomic mass is 16.2. The molecule has 1 amide bonds. The van der Waals surface area contributed by atoms with E-state index in [2.05, 4.69) is 20.1 Å². The van der Waals surface area contributed by atoms with Gasteiger partial charge in [0.2, 0.25) is 5.91 Å². The Bertz CT molecular complexity index is 540. The molecule has 2 saturated heterocycles. The molecule has 1 N–H and O–H groups in total. The van der Waals surface area contributed by atoms with Gasteiger partial charge < -0.3 is 14.8 Å². The molecule has 2 fully saturated rings. The van der Waals surface area contributed by atoms with Crippen molar-refractivity contribution in [2.45, 2.75) is 57.3 Å². The summed E-state index contributed by atoms with van der Waals surface area (Å²) in [6.45, 7) is 1.58. The summed E-state index contributed by atoms with van der Waals surface area (Å²) < 4.78 is 2.17. The van der Waals surface area contributed by atoms with Crippen molar-refractivity contribution >= 4 is 5.91 Å². The molecule has 0 saturated carbocycles. The van der Waals surface area contributed by atoms with Gasteiger partial charge in [-0.1, -0.05) is 0 Å². The summed E-state index contributed by atoms with van der Waals surface area (Å²) in [4.78, 5) is 14.4. The minimum Gasteiger partial charge on any atom is -0.338 e. The highest BCUT2D eigenvalue weighted by molar-refractivity contribution is 5.80. The van der Waals surface area contributed by atoms with Crippen LogP contribution in [0.25, 0.3) is 0 Å². The maximum Gasteiger partial charge on any atom is 0.227 e. The van der Waals surface area contributed by atoms with E-state index in [1.54, 1.807) is 0 Å². The summed E-state index contributed by atoms with van der Waals surface area (Å²) >= 11 is 0. The molecule has 3 aliphatic heterocycles. The first-order valence-corrected chi connectivity index (χ1v) is 7.64. The summed E-state index contributed by atoms with van der Waals surface area (Å²) in [5.41, 5.74) is 0. The maximum absolute atomic E-state index is 12.6. The van der Waals surface area contributed by atoms with Crippen LogP contribution < -0.4 is 5.32 Å². The summed E-state index contributed by atoms with van der Waals surface area (Å²) in [6, 6.07) is 0.971. The average molecular weight is 275 g/mol. The SMILES string of the molecule is CN(Cc1nnc2n1CCC2)C(=O)C1CC2CCC1N2. The molecule has 0 spiro atoms. The van der Waals surface area contributed by atoms with Crippen LogP contribution in [0.1, 0.15) is 37.3 Å². The zero-order valence-electron chi connectivity index (χ0n) is 11.9. The minimum absolute atomic E-state index is 0.166. The van der Waals surface area contributed by atoms with Crippen molar-refractivity contribution in [1.82, 2.24) is 25.0 Å². The zero-order chi connectivity index (χ0) is 13.7. The number of carbonyl (C=O) groups excluding carboxylic acids is 1. The molecule has 3 unspecified atom stereocenters. The van der Waals surface area contributed by atoms with Crippen molar-refractivity contribution in [3.8, 4) is 0 Å². The molecule has 6 heteroatoms. The van der Waals surface area contributed by atoms with Crippen molar-refractivity contribution in [3.63, 3.8) is 0 Å². The highest BCUT2D eigenvalue weighted by Crippen LogP contribution is 2.34. The Kier molecular flexibility index (Phi) is 2.80. The molecule has 6 nitrogen and oxygen atoms in total. The molecular formula is C14H21N5O. The summed E-state index contributed by atoms with van der Waals surface area (Å²) in [6.07, 6.45) is 5.55. The largest absolute Gasteiger partial charge is 0.338 e. The number of aromatic nitrogens is 3. The molecule has 1 aromatic rings. The second-order valence-corrected chi connectivity index (χ2v) is 6.37. The summed E-state index contributed by atoms with van der Waals surface area (Å²) in [7, 11) is 1.89. The summed E-state index contributed by atoms with van der Waals surface area (Å²) in [5, 5.41) is 12.0. The first kappa shape index (κ1) is 12.3. The van der Waals surface area contributed by atoms with Crippen molar-refractivity contribution in [2.75, 3.05) is 7.05 Å². The second-order valence-electron chi connectivity index (χ2n) is 6.37. The molecular weight excluding hydrogens is 254 g/mol. The van der Waals surface area contributed by atoms with Gasteiger partial charge in [0.05, 0.1) is 12.5 Å². The van der Waals surface area contributed by atoms with Crippen molar-refractivity contribution in [1.29, 1.82) is 0 Å². The van der Waals surface area contributed by atoms with E-state index >= 15 is 0 Å². The van der Waals surface area contributed by atoms with Gasteiger partial charge in [-0.3, -0.25) is 4.79 Å². The number of amides is 1. The molecule has 0 radical (unpaired) electrons. The van der Waals surface area contributed by atoms with Gasteiger partial charge in [-0.05, 0) is 25.7 Å². The Labute approximate surface area is 118 Å². The van der Waals surface area contributed by atoms with Crippen LogP contribution in [-0.2, 0) is 24.3 Å². The Morgan fingerprint density at radius 2 is 2.35 bits per heavy atom. The standard InChI is InChI=1S/C14H21N5O/c1-18(8-13-17-16-12-3-2-6-19(12)13)14(20)10-7-9-4-5-11(10)15-9/h9-11,15H,2-8H2,1H3. The number of hydrogen-bond donors (Lipinski definition) is 1. The topological polar surface area (TPSA) is 63.1 Å². The maximum atomic E-state index is 12.6. The van der Waals surface area contributed by atoms with E-state index in [9.17, 15) is 4.79 Å². The fourth-order valence-electron chi connectivity index (χ4n) is 4.00. The number of hydrogen-bond acceptors (Lipinski definition) is 4. The van der Waals surface area contributed by atoms with Crippen LogP contribution in [0.4, 0.5) is 0 Å². The molecule has 20 heavy (non-hydrogen) atoms. The van der Waals surface area contributed by atoms with Crippen molar-refractivity contribution < 1.29 is 4.79 Å². The minimum atomic E-state index is 0.166. The quantitative estimate of drug-likeness (QED) is 0.863. The molecule has 2 bridgehead atoms. The lowest BCUT2D eigenvalue weighted by atomic mass is 9.88. The Morgan fingerprint density at radius 1 is 1.45 bits per heavy atom. The highest BCUT2D eigenvalue weighted by Gasteiger charge is 2.43. The van der Waals surface area contributed by atoms with E-state index in [-0.39, 0.29) is 11.8 Å². The van der Waals surface area contributed by atoms with Crippen molar-refractivity contribution in [2.24, 2.45) is 5.92 Å². The van der Waals surface area contributed by atoms with Gasteiger partial charge >= 0.3 is 0 Å². The van der Waals surface area contributed by atoms with Crippen LogP contribution in [0, 0.1) is 5.92 Å². The fraction of sp³-hybridized carbons (Fsp3) is 0.786. The number of rotatable bonds is 3. The zero-order valence-corrected chi connectivity index (χ0v) is 11.9. The van der Waals surface area contributed by atoms with Gasteiger partial charge in [0.25, 0.3) is 0 Å². The van der Waals surface area contributed by atoms with Crippen LogP contribution in [0.15, 0.2) is 0 Å².